The number of hydrogen-bond donors (Lipinski definition) is 0. The number of carbonyl (C=O) groups is 1. The molecule has 22 heavy (non-hydrogen) atoms. The number of hydrogen-bond acceptors (Lipinski definition) is 4. The maximum absolute atomic E-state index is 12.4. The average Bonchev–Trinajstić information content (AvgIpc) is 3.05. The summed E-state index contributed by atoms with van der Waals surface area (Å²) in [6.45, 7) is 0. The van der Waals surface area contributed by atoms with Crippen molar-refractivity contribution >= 4 is 22.5 Å². The molecule has 1 fully saturated rings. The van der Waals surface area contributed by atoms with Crippen LogP contribution < -0.4 is 0 Å². The van der Waals surface area contributed by atoms with Crippen LogP contribution in [0.1, 0.15) is 25.0 Å². The number of likely N-dealkylation sites (N-methyl/N-ethyl adjacent to an activating group) is 1. The quantitative estimate of drug-likeness (QED) is 0.798. The van der Waals surface area contributed by atoms with Gasteiger partial charge in [-0.3, -0.25) is 4.90 Å². The molecule has 0 radical (unpaired) electrons. The van der Waals surface area contributed by atoms with Gasteiger partial charge in [0.15, 0.2) is 0 Å². The summed E-state index contributed by atoms with van der Waals surface area (Å²) >= 11 is 0. The summed E-state index contributed by atoms with van der Waals surface area (Å²) in [5.74, 6) is 0.583. The number of carbonyl (C=O) groups excluding carboxylic acids is 1. The fourth-order valence-electron chi connectivity index (χ4n) is 3.89. The molecule has 0 aliphatic carbocycles. The first-order valence-electron chi connectivity index (χ1n) is 7.71. The van der Waals surface area contributed by atoms with Crippen LogP contribution in [0.2, 0.25) is 0 Å². The van der Waals surface area contributed by atoms with Gasteiger partial charge in [-0.15, -0.1) is 0 Å². The summed E-state index contributed by atoms with van der Waals surface area (Å²) in [5, 5.41) is 1.07. The van der Waals surface area contributed by atoms with Crippen molar-refractivity contribution in [2.45, 2.75) is 31.3 Å². The normalized spacial score (nSPS) is 25.0. The van der Waals surface area contributed by atoms with E-state index in [0.717, 1.165) is 47.1 Å². The second kappa shape index (κ2) is 4.99. The number of esters is 1. The van der Waals surface area contributed by atoms with Crippen LogP contribution in [0.4, 0.5) is 0 Å². The van der Waals surface area contributed by atoms with E-state index >= 15 is 0 Å². The second-order valence-corrected chi connectivity index (χ2v) is 6.15. The number of nitrogens with zero attached hydrogens (tertiary/aromatic N) is 1. The summed E-state index contributed by atoms with van der Waals surface area (Å²) in [4.78, 5) is 14.7. The van der Waals surface area contributed by atoms with Crippen LogP contribution in [0.5, 0.6) is 0 Å². The van der Waals surface area contributed by atoms with E-state index < -0.39 is 0 Å². The SMILES string of the molecule is COC(=O)C1=C(c2cc3ccccc3o2)C[C@@H]2CC[C@H]1N2C. The zero-order chi connectivity index (χ0) is 15.3. The maximum Gasteiger partial charge on any atom is 0.335 e. The lowest BCUT2D eigenvalue weighted by molar-refractivity contribution is -0.136. The highest BCUT2D eigenvalue weighted by molar-refractivity contribution is 6.00. The van der Waals surface area contributed by atoms with Crippen molar-refractivity contribution < 1.29 is 13.9 Å². The molecule has 2 aromatic rings. The molecule has 0 spiro atoms. The summed E-state index contributed by atoms with van der Waals surface area (Å²) < 4.78 is 11.1. The Bertz CT molecular complexity index is 740. The summed E-state index contributed by atoms with van der Waals surface area (Å²) in [7, 11) is 3.55. The Hall–Kier alpha value is -2.07. The van der Waals surface area contributed by atoms with Crippen molar-refractivity contribution in [3.05, 3.63) is 41.7 Å². The molecule has 3 heterocycles. The largest absolute Gasteiger partial charge is 0.466 e. The molecule has 114 valence electrons. The molecular weight excluding hydrogens is 278 g/mol. The molecule has 4 rings (SSSR count). The standard InChI is InChI=1S/C18H19NO3/c1-19-12-7-8-14(19)17(18(20)21-2)13(10-12)16-9-11-5-3-4-6-15(11)22-16/h3-6,9,12,14H,7-8,10H2,1-2H3/t12-,14+/m0/s1. The molecule has 2 bridgehead atoms. The van der Waals surface area contributed by atoms with Crippen molar-refractivity contribution in [3.8, 4) is 0 Å². The van der Waals surface area contributed by atoms with Gasteiger partial charge in [0.25, 0.3) is 0 Å². The Balaban J connectivity index is 1.89. The lowest BCUT2D eigenvalue weighted by Gasteiger charge is -2.33. The summed E-state index contributed by atoms with van der Waals surface area (Å²) in [6, 6.07) is 10.6. The highest BCUT2D eigenvalue weighted by atomic mass is 16.5. The van der Waals surface area contributed by atoms with Crippen LogP contribution in [0, 0.1) is 0 Å². The van der Waals surface area contributed by atoms with Gasteiger partial charge in [-0.25, -0.2) is 4.79 Å². The summed E-state index contributed by atoms with van der Waals surface area (Å²) in [6.07, 6.45) is 2.97. The fraction of sp³-hybridized carbons (Fsp3) is 0.389. The zero-order valence-electron chi connectivity index (χ0n) is 12.8. The molecule has 2 atom stereocenters. The number of methoxy groups -OCH3 is 1. The second-order valence-electron chi connectivity index (χ2n) is 6.15. The highest BCUT2D eigenvalue weighted by Gasteiger charge is 2.43. The number of rotatable bonds is 2. The van der Waals surface area contributed by atoms with Crippen molar-refractivity contribution in [1.82, 2.24) is 4.90 Å². The third-order valence-corrected chi connectivity index (χ3v) is 5.07. The molecule has 0 amide bonds. The van der Waals surface area contributed by atoms with Crippen LogP contribution in [0.25, 0.3) is 16.5 Å². The lowest BCUT2D eigenvalue weighted by atomic mass is 9.92. The average molecular weight is 297 g/mol. The van der Waals surface area contributed by atoms with Crippen molar-refractivity contribution in [3.63, 3.8) is 0 Å². The third kappa shape index (κ3) is 1.91. The number of para-hydroxylation sites is 1. The highest BCUT2D eigenvalue weighted by Crippen LogP contribution is 2.43. The van der Waals surface area contributed by atoms with Gasteiger partial charge in [-0.2, -0.15) is 0 Å². The molecule has 2 aliphatic rings. The van der Waals surface area contributed by atoms with Crippen LogP contribution in [-0.4, -0.2) is 37.1 Å². The van der Waals surface area contributed by atoms with Crippen LogP contribution in [-0.2, 0) is 9.53 Å². The Labute approximate surface area is 129 Å². The van der Waals surface area contributed by atoms with Crippen LogP contribution in [0.3, 0.4) is 0 Å². The molecule has 2 aliphatic heterocycles. The first kappa shape index (κ1) is 13.6. The van der Waals surface area contributed by atoms with Gasteiger partial charge in [0.05, 0.1) is 12.7 Å². The monoisotopic (exact) mass is 297 g/mol. The van der Waals surface area contributed by atoms with E-state index in [4.69, 9.17) is 9.15 Å². The van der Waals surface area contributed by atoms with Crippen molar-refractivity contribution in [2.24, 2.45) is 0 Å². The van der Waals surface area contributed by atoms with Crippen molar-refractivity contribution in [2.75, 3.05) is 14.2 Å². The van der Waals surface area contributed by atoms with Gasteiger partial charge >= 0.3 is 5.97 Å². The maximum atomic E-state index is 12.4. The third-order valence-electron chi connectivity index (χ3n) is 5.07. The minimum absolute atomic E-state index is 0.148. The van der Waals surface area contributed by atoms with E-state index in [-0.39, 0.29) is 12.0 Å². The van der Waals surface area contributed by atoms with Gasteiger partial charge in [-0.05, 0) is 38.4 Å². The smallest absolute Gasteiger partial charge is 0.335 e. The molecule has 0 saturated carbocycles. The molecule has 0 N–H and O–H groups in total. The van der Waals surface area contributed by atoms with E-state index in [2.05, 4.69) is 11.9 Å². The Kier molecular flexibility index (Phi) is 3.08. The Morgan fingerprint density at radius 3 is 2.91 bits per heavy atom. The number of benzene rings is 1. The molecule has 4 heteroatoms. The minimum Gasteiger partial charge on any atom is -0.466 e. The summed E-state index contributed by atoms with van der Waals surface area (Å²) in [5.41, 5.74) is 2.66. The topological polar surface area (TPSA) is 42.7 Å². The van der Waals surface area contributed by atoms with Gasteiger partial charge in [-0.1, -0.05) is 18.2 Å². The predicted octanol–water partition coefficient (Wildman–Crippen LogP) is 3.23. The first-order valence-corrected chi connectivity index (χ1v) is 7.71. The van der Waals surface area contributed by atoms with Gasteiger partial charge < -0.3 is 9.15 Å². The minimum atomic E-state index is -0.229. The molecule has 4 nitrogen and oxygen atoms in total. The number of furan rings is 1. The molecule has 1 aromatic heterocycles. The Morgan fingerprint density at radius 1 is 1.32 bits per heavy atom. The number of ether oxygens (including phenoxy) is 1. The molecule has 0 unspecified atom stereocenters. The lowest BCUT2D eigenvalue weighted by Crippen LogP contribution is -2.40. The van der Waals surface area contributed by atoms with E-state index in [1.165, 1.54) is 7.11 Å². The first-order chi connectivity index (χ1) is 10.7. The van der Waals surface area contributed by atoms with E-state index in [1.54, 1.807) is 0 Å². The van der Waals surface area contributed by atoms with E-state index in [0.29, 0.717) is 6.04 Å². The molecule has 1 saturated heterocycles. The van der Waals surface area contributed by atoms with Gasteiger partial charge in [0, 0.05) is 23.0 Å². The number of fused-ring (bicyclic) bond motifs is 3. The van der Waals surface area contributed by atoms with Gasteiger partial charge in [0.2, 0.25) is 0 Å². The van der Waals surface area contributed by atoms with E-state index in [9.17, 15) is 4.79 Å². The molecule has 1 aromatic carbocycles. The van der Waals surface area contributed by atoms with Crippen LogP contribution >= 0.6 is 0 Å². The zero-order valence-corrected chi connectivity index (χ0v) is 12.8. The van der Waals surface area contributed by atoms with Gasteiger partial charge in [0.1, 0.15) is 11.3 Å². The fourth-order valence-corrected chi connectivity index (χ4v) is 3.89. The van der Waals surface area contributed by atoms with Crippen LogP contribution in [0.15, 0.2) is 40.3 Å². The van der Waals surface area contributed by atoms with Crippen molar-refractivity contribution in [1.29, 1.82) is 0 Å². The predicted molar refractivity (Wildman–Crippen MR) is 84.3 cm³/mol. The Morgan fingerprint density at radius 2 is 2.14 bits per heavy atom. The molecular formula is C18H19NO3. The van der Waals surface area contributed by atoms with E-state index in [1.807, 2.05) is 30.3 Å².